The Morgan fingerprint density at radius 3 is 2.34 bits per heavy atom. The monoisotopic (exact) mass is 501 g/mol. The van der Waals surface area contributed by atoms with Crippen molar-refractivity contribution < 1.29 is 14.4 Å². The minimum absolute atomic E-state index is 0. The van der Waals surface area contributed by atoms with E-state index in [0.29, 0.717) is 18.8 Å². The van der Waals surface area contributed by atoms with Crippen molar-refractivity contribution >= 4 is 35.9 Å². The number of benzene rings is 1. The lowest BCUT2D eigenvalue weighted by atomic mass is 10.00. The summed E-state index contributed by atoms with van der Waals surface area (Å²) in [6.07, 6.45) is 2.24. The maximum absolute atomic E-state index is 13.7. The molecule has 3 amide bonds. The summed E-state index contributed by atoms with van der Waals surface area (Å²) in [6, 6.07) is 12.0. The number of carbonyl (C=O) groups excluding carboxylic acids is 3. The second-order valence-corrected chi connectivity index (χ2v) is 9.17. The van der Waals surface area contributed by atoms with Crippen molar-refractivity contribution in [1.29, 1.82) is 0 Å². The molecule has 35 heavy (non-hydrogen) atoms. The Labute approximate surface area is 213 Å². The van der Waals surface area contributed by atoms with E-state index in [9.17, 15) is 14.4 Å². The standard InChI is InChI=1S/C26H35N5O3.ClH/c1-16(2)22(30-25(33)18(4)27-5)26(34)31-21(14-20-12-9-13-28-23(20)31)15-29-24(32)17(3)19-10-7-6-8-11-19;/h6-13,16-18,21-22,27H,14-15H2,1-5H3,(H,29,32)(H,30,33);1H/t17?,18-,21?,22-;/m0./s1. The van der Waals surface area contributed by atoms with Crippen LogP contribution in [0.3, 0.4) is 0 Å². The Balaban J connectivity index is 0.00000432. The molecule has 9 heteroatoms. The van der Waals surface area contributed by atoms with Crippen LogP contribution in [0.1, 0.15) is 44.7 Å². The summed E-state index contributed by atoms with van der Waals surface area (Å²) in [5.41, 5.74) is 1.88. The van der Waals surface area contributed by atoms with Crippen LogP contribution in [0.2, 0.25) is 0 Å². The summed E-state index contributed by atoms with van der Waals surface area (Å²) in [6.45, 7) is 7.72. The molecule has 1 aliphatic heterocycles. The first-order chi connectivity index (χ1) is 16.2. The second-order valence-electron chi connectivity index (χ2n) is 9.17. The minimum atomic E-state index is -0.710. The lowest BCUT2D eigenvalue weighted by Crippen LogP contribution is -2.57. The zero-order chi connectivity index (χ0) is 24.8. The van der Waals surface area contributed by atoms with Crippen LogP contribution in [-0.4, -0.2) is 54.4 Å². The highest BCUT2D eigenvalue weighted by molar-refractivity contribution is 6.01. The highest BCUT2D eigenvalue weighted by Gasteiger charge is 2.40. The molecule has 2 unspecified atom stereocenters. The van der Waals surface area contributed by atoms with Crippen molar-refractivity contribution in [2.24, 2.45) is 5.92 Å². The molecule has 2 heterocycles. The molecule has 0 aliphatic carbocycles. The number of pyridine rings is 1. The van der Waals surface area contributed by atoms with Crippen LogP contribution < -0.4 is 20.9 Å². The van der Waals surface area contributed by atoms with E-state index in [1.54, 1.807) is 25.1 Å². The first-order valence-electron chi connectivity index (χ1n) is 11.8. The quantitative estimate of drug-likeness (QED) is 0.489. The largest absolute Gasteiger partial charge is 0.353 e. The molecule has 190 valence electrons. The van der Waals surface area contributed by atoms with Gasteiger partial charge in [0.15, 0.2) is 0 Å². The van der Waals surface area contributed by atoms with Crippen molar-refractivity contribution in [2.45, 2.75) is 58.2 Å². The van der Waals surface area contributed by atoms with Gasteiger partial charge in [-0.25, -0.2) is 4.98 Å². The molecular formula is C26H36ClN5O3. The highest BCUT2D eigenvalue weighted by atomic mass is 35.5. The van der Waals surface area contributed by atoms with Gasteiger partial charge in [-0.2, -0.15) is 0 Å². The van der Waals surface area contributed by atoms with E-state index in [1.807, 2.05) is 63.2 Å². The maximum atomic E-state index is 13.7. The molecule has 0 saturated carbocycles. The van der Waals surface area contributed by atoms with E-state index in [0.717, 1.165) is 11.1 Å². The van der Waals surface area contributed by atoms with Gasteiger partial charge in [0, 0.05) is 12.7 Å². The number of fused-ring (bicyclic) bond motifs is 1. The predicted molar refractivity (Wildman–Crippen MR) is 140 cm³/mol. The van der Waals surface area contributed by atoms with Crippen LogP contribution in [0.4, 0.5) is 5.82 Å². The molecule has 0 radical (unpaired) electrons. The number of halogens is 1. The molecule has 1 aromatic carbocycles. The van der Waals surface area contributed by atoms with Crippen molar-refractivity contribution in [3.05, 3.63) is 59.8 Å². The van der Waals surface area contributed by atoms with Crippen LogP contribution in [0.25, 0.3) is 0 Å². The lowest BCUT2D eigenvalue weighted by molar-refractivity contribution is -0.129. The summed E-state index contributed by atoms with van der Waals surface area (Å²) in [5.74, 6) is -0.404. The van der Waals surface area contributed by atoms with Crippen molar-refractivity contribution in [3.8, 4) is 0 Å². The summed E-state index contributed by atoms with van der Waals surface area (Å²) in [4.78, 5) is 45.3. The fourth-order valence-electron chi connectivity index (χ4n) is 4.11. The molecule has 2 aromatic rings. The molecule has 3 N–H and O–H groups in total. The van der Waals surface area contributed by atoms with Crippen LogP contribution in [0.15, 0.2) is 48.7 Å². The molecule has 1 aromatic heterocycles. The number of hydrogen-bond donors (Lipinski definition) is 3. The average molecular weight is 502 g/mol. The number of hydrogen-bond acceptors (Lipinski definition) is 5. The van der Waals surface area contributed by atoms with Crippen LogP contribution >= 0.6 is 12.4 Å². The third kappa shape index (κ3) is 6.58. The third-order valence-corrected chi connectivity index (χ3v) is 6.42. The normalized spacial score (nSPS) is 17.1. The number of nitrogens with one attached hydrogen (secondary N) is 3. The van der Waals surface area contributed by atoms with Crippen LogP contribution in [0.5, 0.6) is 0 Å². The molecule has 1 aliphatic rings. The van der Waals surface area contributed by atoms with Crippen molar-refractivity contribution in [2.75, 3.05) is 18.5 Å². The Morgan fingerprint density at radius 1 is 1.03 bits per heavy atom. The van der Waals surface area contributed by atoms with Gasteiger partial charge in [-0.1, -0.05) is 50.2 Å². The SMILES string of the molecule is CN[C@@H](C)C(=O)N[C@H](C(=O)N1c2ncccc2CC1CNC(=O)C(C)c1ccccc1)C(C)C.Cl. The van der Waals surface area contributed by atoms with Gasteiger partial charge in [-0.15, -0.1) is 12.4 Å². The average Bonchev–Trinajstić information content (AvgIpc) is 3.22. The summed E-state index contributed by atoms with van der Waals surface area (Å²) < 4.78 is 0. The van der Waals surface area contributed by atoms with Gasteiger partial charge in [0.1, 0.15) is 11.9 Å². The topological polar surface area (TPSA) is 103 Å². The van der Waals surface area contributed by atoms with Crippen LogP contribution in [-0.2, 0) is 20.8 Å². The number of anilines is 1. The lowest BCUT2D eigenvalue weighted by Gasteiger charge is -2.31. The van der Waals surface area contributed by atoms with E-state index in [2.05, 4.69) is 20.9 Å². The van der Waals surface area contributed by atoms with E-state index >= 15 is 0 Å². The Bertz CT molecular complexity index is 1020. The number of likely N-dealkylation sites (N-methyl/N-ethyl adjacent to an activating group) is 1. The van der Waals surface area contributed by atoms with Crippen LogP contribution in [0, 0.1) is 5.92 Å². The number of aromatic nitrogens is 1. The predicted octanol–water partition coefficient (Wildman–Crippen LogP) is 2.43. The van der Waals surface area contributed by atoms with Gasteiger partial charge in [0.25, 0.3) is 5.91 Å². The fraction of sp³-hybridized carbons (Fsp3) is 0.462. The smallest absolute Gasteiger partial charge is 0.251 e. The van der Waals surface area contributed by atoms with Gasteiger partial charge in [-0.3, -0.25) is 19.3 Å². The first kappa shape index (κ1) is 28.3. The zero-order valence-electron chi connectivity index (χ0n) is 20.9. The molecule has 3 rings (SSSR count). The van der Waals surface area contributed by atoms with E-state index < -0.39 is 12.1 Å². The first-order valence-corrected chi connectivity index (χ1v) is 11.8. The number of carbonyl (C=O) groups is 3. The summed E-state index contributed by atoms with van der Waals surface area (Å²) in [7, 11) is 1.70. The molecule has 4 atom stereocenters. The van der Waals surface area contributed by atoms with Gasteiger partial charge < -0.3 is 16.0 Å². The number of rotatable bonds is 9. The third-order valence-electron chi connectivity index (χ3n) is 6.42. The molecule has 0 bridgehead atoms. The molecule has 0 saturated heterocycles. The van der Waals surface area contributed by atoms with Gasteiger partial charge >= 0.3 is 0 Å². The Morgan fingerprint density at radius 2 is 1.71 bits per heavy atom. The molecule has 8 nitrogen and oxygen atoms in total. The van der Waals surface area contributed by atoms with Crippen molar-refractivity contribution in [1.82, 2.24) is 20.9 Å². The summed E-state index contributed by atoms with van der Waals surface area (Å²) >= 11 is 0. The highest BCUT2D eigenvalue weighted by Crippen LogP contribution is 2.31. The molecular weight excluding hydrogens is 466 g/mol. The molecule has 0 fully saturated rings. The van der Waals surface area contributed by atoms with Gasteiger partial charge in [0.2, 0.25) is 11.8 Å². The number of nitrogens with zero attached hydrogens (tertiary/aromatic N) is 2. The van der Waals surface area contributed by atoms with E-state index in [1.165, 1.54) is 0 Å². The Hall–Kier alpha value is -2.97. The van der Waals surface area contributed by atoms with Gasteiger partial charge in [0.05, 0.1) is 18.0 Å². The summed E-state index contributed by atoms with van der Waals surface area (Å²) in [5, 5.41) is 8.81. The maximum Gasteiger partial charge on any atom is 0.251 e. The number of amides is 3. The second kappa shape index (κ2) is 12.7. The zero-order valence-corrected chi connectivity index (χ0v) is 21.8. The fourth-order valence-corrected chi connectivity index (χ4v) is 4.11. The van der Waals surface area contributed by atoms with Crippen molar-refractivity contribution in [3.63, 3.8) is 0 Å². The van der Waals surface area contributed by atoms with Gasteiger partial charge in [-0.05, 0) is 50.4 Å². The Kier molecular flexibility index (Phi) is 10.2. The van der Waals surface area contributed by atoms with E-state index in [4.69, 9.17) is 0 Å². The molecule has 0 spiro atoms. The van der Waals surface area contributed by atoms with E-state index in [-0.39, 0.29) is 48.0 Å². The minimum Gasteiger partial charge on any atom is -0.353 e.